The summed E-state index contributed by atoms with van der Waals surface area (Å²) in [5.74, 6) is -0.359. The number of nitrogens with one attached hydrogen (secondary N) is 1. The third-order valence-corrected chi connectivity index (χ3v) is 2.60. The van der Waals surface area contributed by atoms with Crippen LogP contribution in [-0.4, -0.2) is 33.7 Å². The zero-order chi connectivity index (χ0) is 14.6. The van der Waals surface area contributed by atoms with E-state index in [0.29, 0.717) is 6.54 Å². The second-order valence-electron chi connectivity index (χ2n) is 4.00. The number of aliphatic hydroxyl groups is 1. The molecular formula is C11H16F3N3O2. The molecule has 0 saturated carbocycles. The number of carbonyl (C=O) groups is 1. The Hall–Kier alpha value is -1.57. The third-order valence-electron chi connectivity index (χ3n) is 2.60. The zero-order valence-electron chi connectivity index (χ0n) is 10.7. The van der Waals surface area contributed by atoms with Gasteiger partial charge in [0, 0.05) is 25.8 Å². The molecule has 0 aliphatic heterocycles. The second kappa shape index (κ2) is 6.05. The van der Waals surface area contributed by atoms with Crippen molar-refractivity contribution in [2.45, 2.75) is 32.5 Å². The van der Waals surface area contributed by atoms with E-state index in [-0.39, 0.29) is 18.9 Å². The number of nitrogens with zero attached hydrogens (tertiary/aromatic N) is 2. The lowest BCUT2D eigenvalue weighted by Crippen LogP contribution is -2.33. The number of hydrogen-bond donors (Lipinski definition) is 2. The highest BCUT2D eigenvalue weighted by Crippen LogP contribution is 2.29. The lowest BCUT2D eigenvalue weighted by Gasteiger charge is -2.18. The highest BCUT2D eigenvalue weighted by Gasteiger charge is 2.35. The number of hydrogen-bond acceptors (Lipinski definition) is 3. The minimum absolute atomic E-state index is 0.0281. The highest BCUT2D eigenvalue weighted by molar-refractivity contribution is 5.80. The first-order valence-electron chi connectivity index (χ1n) is 5.82. The molecule has 1 amide bonds. The summed E-state index contributed by atoms with van der Waals surface area (Å²) < 4.78 is 38.8. The Kier molecular flexibility index (Phi) is 4.93. The molecule has 0 spiro atoms. The van der Waals surface area contributed by atoms with E-state index >= 15 is 0 Å². The van der Waals surface area contributed by atoms with Crippen LogP contribution in [0.15, 0.2) is 6.20 Å². The van der Waals surface area contributed by atoms with Crippen molar-refractivity contribution in [3.63, 3.8) is 0 Å². The van der Waals surface area contributed by atoms with Crippen LogP contribution in [0, 0.1) is 6.92 Å². The SMILES string of the molecule is CCNC(=O)[C@H](CCO)n1cc(C(F)(F)F)nc1C. The van der Waals surface area contributed by atoms with E-state index < -0.39 is 23.8 Å². The van der Waals surface area contributed by atoms with Crippen molar-refractivity contribution in [1.29, 1.82) is 0 Å². The summed E-state index contributed by atoms with van der Waals surface area (Å²) >= 11 is 0. The van der Waals surface area contributed by atoms with Gasteiger partial charge in [-0.3, -0.25) is 4.79 Å². The molecule has 0 fully saturated rings. The fourth-order valence-corrected chi connectivity index (χ4v) is 1.75. The van der Waals surface area contributed by atoms with Crippen molar-refractivity contribution in [2.75, 3.05) is 13.2 Å². The first-order chi connectivity index (χ1) is 8.81. The van der Waals surface area contributed by atoms with Crippen LogP contribution in [0.25, 0.3) is 0 Å². The molecule has 1 rings (SSSR count). The van der Waals surface area contributed by atoms with Crippen molar-refractivity contribution in [3.05, 3.63) is 17.7 Å². The lowest BCUT2D eigenvalue weighted by molar-refractivity contribution is -0.141. The van der Waals surface area contributed by atoms with E-state index in [1.165, 1.54) is 6.92 Å². The van der Waals surface area contributed by atoms with E-state index in [9.17, 15) is 18.0 Å². The number of halogens is 3. The Morgan fingerprint density at radius 1 is 1.58 bits per heavy atom. The number of aromatic nitrogens is 2. The average molecular weight is 279 g/mol. The number of aliphatic hydroxyl groups excluding tert-OH is 1. The monoisotopic (exact) mass is 279 g/mol. The molecule has 1 heterocycles. The molecule has 108 valence electrons. The maximum atomic E-state index is 12.6. The van der Waals surface area contributed by atoms with E-state index in [0.717, 1.165) is 10.8 Å². The van der Waals surface area contributed by atoms with Gasteiger partial charge < -0.3 is 15.0 Å². The van der Waals surface area contributed by atoms with Crippen LogP contribution in [0.4, 0.5) is 13.2 Å². The molecule has 0 aromatic carbocycles. The minimum atomic E-state index is -4.55. The van der Waals surface area contributed by atoms with Crippen molar-refractivity contribution < 1.29 is 23.1 Å². The molecular weight excluding hydrogens is 263 g/mol. The Bertz CT molecular complexity index is 443. The van der Waals surface area contributed by atoms with E-state index in [2.05, 4.69) is 10.3 Å². The molecule has 0 saturated heterocycles. The number of imidazole rings is 1. The Labute approximate surface area is 108 Å². The summed E-state index contributed by atoms with van der Waals surface area (Å²) in [7, 11) is 0. The van der Waals surface area contributed by atoms with Crippen LogP contribution in [0.2, 0.25) is 0 Å². The third kappa shape index (κ3) is 3.69. The molecule has 0 radical (unpaired) electrons. The van der Waals surface area contributed by atoms with Gasteiger partial charge in [0.25, 0.3) is 0 Å². The minimum Gasteiger partial charge on any atom is -0.396 e. The summed E-state index contributed by atoms with van der Waals surface area (Å²) in [5, 5.41) is 11.5. The van der Waals surface area contributed by atoms with Crippen LogP contribution in [0.1, 0.15) is 30.9 Å². The summed E-state index contributed by atoms with van der Waals surface area (Å²) in [6, 6.07) is -0.895. The van der Waals surface area contributed by atoms with Crippen molar-refractivity contribution in [2.24, 2.45) is 0 Å². The first kappa shape index (κ1) is 15.5. The number of aryl methyl sites for hydroxylation is 1. The van der Waals surface area contributed by atoms with Crippen LogP contribution in [0.3, 0.4) is 0 Å². The van der Waals surface area contributed by atoms with Crippen LogP contribution >= 0.6 is 0 Å². The molecule has 1 aromatic rings. The fourth-order valence-electron chi connectivity index (χ4n) is 1.75. The number of likely N-dealkylation sites (N-methyl/N-ethyl adjacent to an activating group) is 1. The van der Waals surface area contributed by atoms with Gasteiger partial charge in [-0.2, -0.15) is 13.2 Å². The molecule has 19 heavy (non-hydrogen) atoms. The predicted octanol–water partition coefficient (Wildman–Crippen LogP) is 1.27. The fraction of sp³-hybridized carbons (Fsp3) is 0.636. The molecule has 1 aromatic heterocycles. The van der Waals surface area contributed by atoms with E-state index in [1.54, 1.807) is 6.92 Å². The molecule has 0 aliphatic carbocycles. The van der Waals surface area contributed by atoms with E-state index in [1.807, 2.05) is 0 Å². The number of amides is 1. The largest absolute Gasteiger partial charge is 0.434 e. The summed E-state index contributed by atoms with van der Waals surface area (Å²) in [4.78, 5) is 15.2. The normalized spacial score (nSPS) is 13.4. The smallest absolute Gasteiger partial charge is 0.396 e. The van der Waals surface area contributed by atoms with Crippen LogP contribution in [-0.2, 0) is 11.0 Å². The zero-order valence-corrected chi connectivity index (χ0v) is 10.7. The Morgan fingerprint density at radius 2 is 2.21 bits per heavy atom. The summed E-state index contributed by atoms with van der Waals surface area (Å²) in [5.41, 5.74) is -1.04. The van der Waals surface area contributed by atoms with Gasteiger partial charge in [0.15, 0.2) is 5.69 Å². The van der Waals surface area contributed by atoms with Crippen molar-refractivity contribution in [1.82, 2.24) is 14.9 Å². The van der Waals surface area contributed by atoms with Gasteiger partial charge in [-0.1, -0.05) is 0 Å². The maximum absolute atomic E-state index is 12.6. The first-order valence-corrected chi connectivity index (χ1v) is 5.82. The molecule has 0 aliphatic rings. The molecule has 2 N–H and O–H groups in total. The van der Waals surface area contributed by atoms with Crippen LogP contribution in [0.5, 0.6) is 0 Å². The number of rotatable bonds is 5. The van der Waals surface area contributed by atoms with Gasteiger partial charge in [0.05, 0.1) is 0 Å². The van der Waals surface area contributed by atoms with E-state index in [4.69, 9.17) is 5.11 Å². The topological polar surface area (TPSA) is 67.2 Å². The van der Waals surface area contributed by atoms with Crippen LogP contribution < -0.4 is 5.32 Å². The molecule has 8 heteroatoms. The summed E-state index contributed by atoms with van der Waals surface area (Å²) in [6.07, 6.45) is -3.73. The van der Waals surface area contributed by atoms with Gasteiger partial charge >= 0.3 is 6.18 Å². The predicted molar refractivity (Wildman–Crippen MR) is 61.4 cm³/mol. The van der Waals surface area contributed by atoms with Gasteiger partial charge in [-0.15, -0.1) is 0 Å². The molecule has 1 atom stereocenters. The number of carbonyl (C=O) groups excluding carboxylic acids is 1. The van der Waals surface area contributed by atoms with Gasteiger partial charge in [0.1, 0.15) is 11.9 Å². The summed E-state index contributed by atoms with van der Waals surface area (Å²) in [6.45, 7) is 3.15. The maximum Gasteiger partial charge on any atom is 0.434 e. The second-order valence-corrected chi connectivity index (χ2v) is 4.00. The molecule has 0 bridgehead atoms. The Balaban J connectivity index is 3.09. The Morgan fingerprint density at radius 3 is 2.63 bits per heavy atom. The highest BCUT2D eigenvalue weighted by atomic mass is 19.4. The van der Waals surface area contributed by atoms with Gasteiger partial charge in [0.2, 0.25) is 5.91 Å². The molecule has 0 unspecified atom stereocenters. The lowest BCUT2D eigenvalue weighted by atomic mass is 10.2. The average Bonchev–Trinajstić information content (AvgIpc) is 2.68. The quantitative estimate of drug-likeness (QED) is 0.853. The number of alkyl halides is 3. The van der Waals surface area contributed by atoms with Crippen molar-refractivity contribution in [3.8, 4) is 0 Å². The van der Waals surface area contributed by atoms with Crippen molar-refractivity contribution >= 4 is 5.91 Å². The standard InChI is InChI=1S/C11H16F3N3O2/c1-3-15-10(19)8(4-5-18)17-6-9(11(12,13)14)16-7(17)2/h6,8,18H,3-5H2,1-2H3,(H,15,19)/t8-/m0/s1. The van der Waals surface area contributed by atoms with Gasteiger partial charge in [-0.25, -0.2) is 4.98 Å². The van der Waals surface area contributed by atoms with Gasteiger partial charge in [-0.05, 0) is 13.8 Å². The molecule has 5 nitrogen and oxygen atoms in total.